The fraction of sp³-hybridized carbons (Fsp3) is 0.733. The molecule has 2 rings (SSSR count). The molecule has 2 N–H and O–H groups in total. The Balaban J connectivity index is 1.67. The molecule has 0 saturated heterocycles. The minimum absolute atomic E-state index is 0.0363. The number of thiazole rings is 1. The van der Waals surface area contributed by atoms with Crippen molar-refractivity contribution in [2.45, 2.75) is 57.2 Å². The lowest BCUT2D eigenvalue weighted by Crippen LogP contribution is -2.41. The Morgan fingerprint density at radius 2 is 2.29 bits per heavy atom. The lowest BCUT2D eigenvalue weighted by Gasteiger charge is -2.13. The molecule has 0 radical (unpaired) electrons. The first-order chi connectivity index (χ1) is 10.1. The van der Waals surface area contributed by atoms with Crippen LogP contribution < -0.4 is 10.6 Å². The zero-order chi connectivity index (χ0) is 15.2. The molecule has 0 aliphatic heterocycles. The zero-order valence-electron chi connectivity index (χ0n) is 13.1. The predicted octanol–water partition coefficient (Wildman–Crippen LogP) is 3.14. The molecule has 0 spiro atoms. The molecule has 0 aromatic carbocycles. The van der Waals surface area contributed by atoms with Gasteiger partial charge in [0, 0.05) is 29.1 Å². The highest BCUT2D eigenvalue weighted by Gasteiger charge is 2.24. The van der Waals surface area contributed by atoms with Gasteiger partial charge in [0.2, 0.25) is 0 Å². The fourth-order valence-corrected chi connectivity index (χ4v) is 4.55. The minimum Gasteiger partial charge on any atom is -0.338 e. The van der Waals surface area contributed by atoms with Crippen LogP contribution >= 0.6 is 23.1 Å². The Morgan fingerprint density at radius 1 is 1.48 bits per heavy atom. The summed E-state index contributed by atoms with van der Waals surface area (Å²) >= 11 is 3.65. The molecule has 118 valence electrons. The third-order valence-electron chi connectivity index (χ3n) is 3.95. The summed E-state index contributed by atoms with van der Waals surface area (Å²) in [4.78, 5) is 17.8. The number of amides is 2. The van der Waals surface area contributed by atoms with Crippen molar-refractivity contribution in [2.24, 2.45) is 0 Å². The molecule has 1 aromatic heterocycles. The van der Waals surface area contributed by atoms with Crippen LogP contribution in [-0.2, 0) is 12.8 Å². The van der Waals surface area contributed by atoms with Gasteiger partial charge in [0.1, 0.15) is 0 Å². The molecule has 6 heteroatoms. The van der Waals surface area contributed by atoms with E-state index in [0.29, 0.717) is 17.8 Å². The summed E-state index contributed by atoms with van der Waals surface area (Å²) in [6.07, 6.45) is 7.36. The van der Waals surface area contributed by atoms with E-state index in [1.807, 2.05) is 11.8 Å². The number of thioether (sulfide) groups is 1. The summed E-state index contributed by atoms with van der Waals surface area (Å²) in [6.45, 7) is 4.89. The van der Waals surface area contributed by atoms with Crippen LogP contribution in [-0.4, -0.2) is 35.1 Å². The molecule has 21 heavy (non-hydrogen) atoms. The highest BCUT2D eigenvalue weighted by molar-refractivity contribution is 7.99. The van der Waals surface area contributed by atoms with Gasteiger partial charge in [-0.3, -0.25) is 0 Å². The Hall–Kier alpha value is -0.750. The van der Waals surface area contributed by atoms with Crippen LogP contribution in [0.2, 0.25) is 0 Å². The van der Waals surface area contributed by atoms with Crippen LogP contribution in [0.15, 0.2) is 0 Å². The molecule has 1 heterocycles. The van der Waals surface area contributed by atoms with Crippen molar-refractivity contribution < 1.29 is 4.79 Å². The van der Waals surface area contributed by atoms with Gasteiger partial charge in [-0.25, -0.2) is 9.78 Å². The number of hydrogen-bond donors (Lipinski definition) is 2. The number of nitrogens with one attached hydrogen (secondary N) is 2. The minimum atomic E-state index is -0.0363. The van der Waals surface area contributed by atoms with Crippen molar-refractivity contribution in [3.63, 3.8) is 0 Å². The van der Waals surface area contributed by atoms with Gasteiger partial charge in [-0.05, 0) is 38.9 Å². The lowest BCUT2D eigenvalue weighted by atomic mass is 10.2. The maximum Gasteiger partial charge on any atom is 0.315 e. The molecular weight excluding hydrogens is 302 g/mol. The second-order valence-corrected chi connectivity index (χ2v) is 7.91. The summed E-state index contributed by atoms with van der Waals surface area (Å²) in [7, 11) is 0. The first-order valence-electron chi connectivity index (χ1n) is 7.64. The zero-order valence-corrected chi connectivity index (χ0v) is 14.7. The Kier molecular flexibility index (Phi) is 6.36. The van der Waals surface area contributed by atoms with Gasteiger partial charge in [-0.2, -0.15) is 11.8 Å². The van der Waals surface area contributed by atoms with Gasteiger partial charge in [0.25, 0.3) is 0 Å². The fourth-order valence-electron chi connectivity index (χ4n) is 2.73. The van der Waals surface area contributed by atoms with Crippen LogP contribution in [0.1, 0.15) is 41.8 Å². The summed E-state index contributed by atoms with van der Waals surface area (Å²) < 4.78 is 0. The summed E-state index contributed by atoms with van der Waals surface area (Å²) in [6, 6.07) is 0.307. The second kappa shape index (κ2) is 8.03. The topological polar surface area (TPSA) is 54.0 Å². The maximum absolute atomic E-state index is 11.9. The van der Waals surface area contributed by atoms with Gasteiger partial charge in [-0.1, -0.05) is 6.92 Å². The van der Waals surface area contributed by atoms with E-state index in [1.165, 1.54) is 17.0 Å². The van der Waals surface area contributed by atoms with E-state index in [2.05, 4.69) is 35.7 Å². The number of aryl methyl sites for hydroxylation is 2. The van der Waals surface area contributed by atoms with Gasteiger partial charge in [0.15, 0.2) is 0 Å². The molecule has 1 aromatic rings. The van der Waals surface area contributed by atoms with E-state index >= 15 is 0 Å². The quantitative estimate of drug-likeness (QED) is 0.844. The van der Waals surface area contributed by atoms with Crippen LogP contribution in [0, 0.1) is 6.92 Å². The van der Waals surface area contributed by atoms with Crippen molar-refractivity contribution in [3.05, 3.63) is 15.6 Å². The van der Waals surface area contributed by atoms with Crippen LogP contribution in [0.4, 0.5) is 4.79 Å². The van der Waals surface area contributed by atoms with Gasteiger partial charge in [0.05, 0.1) is 10.7 Å². The van der Waals surface area contributed by atoms with E-state index < -0.39 is 0 Å². The van der Waals surface area contributed by atoms with Crippen LogP contribution in [0.5, 0.6) is 0 Å². The number of hydrogen-bond acceptors (Lipinski definition) is 4. The number of carbonyl (C=O) groups excluding carboxylic acids is 1. The van der Waals surface area contributed by atoms with Crippen LogP contribution in [0.25, 0.3) is 0 Å². The number of urea groups is 1. The maximum atomic E-state index is 11.9. The van der Waals surface area contributed by atoms with Crippen molar-refractivity contribution in [1.82, 2.24) is 15.6 Å². The normalized spacial score (nSPS) is 21.5. The third kappa shape index (κ3) is 4.88. The predicted molar refractivity (Wildman–Crippen MR) is 91.4 cm³/mol. The molecule has 2 unspecified atom stereocenters. The molecule has 1 aliphatic rings. The van der Waals surface area contributed by atoms with E-state index in [9.17, 15) is 4.79 Å². The molecular formula is C15H25N3OS2. The smallest absolute Gasteiger partial charge is 0.315 e. The standard InChI is InChI=1S/C15H25N3OS2/c1-4-13-10(2)21-14(18-13)7-8-16-15(19)17-11-5-6-12(9-11)20-3/h11-12H,4-9H2,1-3H3,(H2,16,17,19). The number of aromatic nitrogens is 1. The summed E-state index contributed by atoms with van der Waals surface area (Å²) in [5.74, 6) is 0. The average Bonchev–Trinajstić information content (AvgIpc) is 3.05. The lowest BCUT2D eigenvalue weighted by molar-refractivity contribution is 0.237. The first-order valence-corrected chi connectivity index (χ1v) is 9.75. The SMILES string of the molecule is CCc1nc(CCNC(=O)NC2CCC(SC)C2)sc1C. The summed E-state index contributed by atoms with van der Waals surface area (Å²) in [5.41, 5.74) is 1.19. The van der Waals surface area contributed by atoms with Gasteiger partial charge < -0.3 is 10.6 Å². The van der Waals surface area contributed by atoms with Crippen molar-refractivity contribution in [1.29, 1.82) is 0 Å². The Labute approximate surface area is 135 Å². The van der Waals surface area contributed by atoms with E-state index in [4.69, 9.17) is 0 Å². The molecule has 4 nitrogen and oxygen atoms in total. The molecule has 0 bridgehead atoms. The van der Waals surface area contributed by atoms with Crippen molar-refractivity contribution in [2.75, 3.05) is 12.8 Å². The van der Waals surface area contributed by atoms with Gasteiger partial charge in [-0.15, -0.1) is 11.3 Å². The number of nitrogens with zero attached hydrogens (tertiary/aromatic N) is 1. The Morgan fingerprint density at radius 3 is 2.90 bits per heavy atom. The molecule has 2 amide bonds. The van der Waals surface area contributed by atoms with E-state index in [-0.39, 0.29) is 6.03 Å². The molecule has 1 saturated carbocycles. The number of carbonyl (C=O) groups is 1. The highest BCUT2D eigenvalue weighted by atomic mass is 32.2. The third-order valence-corrected chi connectivity index (χ3v) is 6.12. The van der Waals surface area contributed by atoms with Crippen molar-refractivity contribution in [3.8, 4) is 0 Å². The van der Waals surface area contributed by atoms with E-state index in [1.54, 1.807) is 11.3 Å². The van der Waals surface area contributed by atoms with Crippen molar-refractivity contribution >= 4 is 29.1 Å². The number of rotatable bonds is 6. The largest absolute Gasteiger partial charge is 0.338 e. The summed E-state index contributed by atoms with van der Waals surface area (Å²) in [5, 5.41) is 7.85. The molecule has 2 atom stereocenters. The van der Waals surface area contributed by atoms with Gasteiger partial charge >= 0.3 is 6.03 Å². The first kappa shape index (κ1) is 16.6. The monoisotopic (exact) mass is 327 g/mol. The Bertz CT molecular complexity index is 475. The second-order valence-electron chi connectivity index (χ2n) is 5.48. The van der Waals surface area contributed by atoms with Crippen LogP contribution in [0.3, 0.4) is 0 Å². The highest BCUT2D eigenvalue weighted by Crippen LogP contribution is 2.28. The molecule has 1 fully saturated rings. The average molecular weight is 328 g/mol. The van der Waals surface area contributed by atoms with E-state index in [0.717, 1.165) is 30.7 Å². The molecule has 1 aliphatic carbocycles.